The minimum absolute atomic E-state index is 0.589. The molecule has 0 spiro atoms. The zero-order valence-electron chi connectivity index (χ0n) is 25.6. The minimum atomic E-state index is 0.589. The number of nitrogens with zero attached hydrogens (tertiary/aromatic N) is 1. The van der Waals surface area contributed by atoms with Crippen molar-refractivity contribution >= 4 is 53.9 Å². The van der Waals surface area contributed by atoms with Gasteiger partial charge in [-0.2, -0.15) is 0 Å². The third-order valence-electron chi connectivity index (χ3n) is 7.86. The molecule has 212 valence electrons. The van der Waals surface area contributed by atoms with E-state index in [1.165, 1.54) is 53.7 Å². The molecule has 0 N–H and O–H groups in total. The van der Waals surface area contributed by atoms with E-state index in [0.717, 1.165) is 5.52 Å². The predicted octanol–water partition coefficient (Wildman–Crippen LogP) is 12.5. The summed E-state index contributed by atoms with van der Waals surface area (Å²) < 4.78 is 1.29. The summed E-state index contributed by atoms with van der Waals surface area (Å²) in [5, 5.41) is 8.04. The molecular formula is C40H41NS. The maximum absolute atomic E-state index is 4.24. The normalized spacial score (nSPS) is 11.3. The van der Waals surface area contributed by atoms with Crippen LogP contribution in [0.4, 0.5) is 0 Å². The van der Waals surface area contributed by atoms with Crippen molar-refractivity contribution < 1.29 is 0 Å². The summed E-state index contributed by atoms with van der Waals surface area (Å²) in [4.78, 5) is 4.24. The Labute approximate surface area is 254 Å². The lowest BCUT2D eigenvalue weighted by molar-refractivity contribution is 0.869. The van der Waals surface area contributed by atoms with Gasteiger partial charge in [0, 0.05) is 0 Å². The molecule has 0 aliphatic rings. The average Bonchev–Trinajstić information content (AvgIpc) is 3.48. The van der Waals surface area contributed by atoms with E-state index in [1.807, 2.05) is 5.51 Å². The fourth-order valence-electron chi connectivity index (χ4n) is 5.30. The molecule has 0 saturated heterocycles. The molecule has 0 fully saturated rings. The monoisotopic (exact) mass is 567 g/mol. The first-order chi connectivity index (χ1) is 20.3. The zero-order chi connectivity index (χ0) is 29.6. The van der Waals surface area contributed by atoms with Gasteiger partial charge in [0.15, 0.2) is 0 Å². The molecule has 0 bridgehead atoms. The van der Waals surface area contributed by atoms with Gasteiger partial charge in [0.2, 0.25) is 0 Å². The summed E-state index contributed by atoms with van der Waals surface area (Å²) in [6.45, 7) is 13.4. The second-order valence-electron chi connectivity index (χ2n) is 11.9. The van der Waals surface area contributed by atoms with Crippen LogP contribution in [0.3, 0.4) is 0 Å². The first-order valence-corrected chi connectivity index (χ1v) is 15.9. The van der Waals surface area contributed by atoms with Crippen LogP contribution in [0.15, 0.2) is 121 Å². The fourth-order valence-corrected chi connectivity index (χ4v) is 6.03. The van der Waals surface area contributed by atoms with Crippen LogP contribution in [0.1, 0.15) is 76.0 Å². The average molecular weight is 568 g/mol. The van der Waals surface area contributed by atoms with Gasteiger partial charge in [0.25, 0.3) is 0 Å². The Morgan fingerprint density at radius 2 is 1.05 bits per heavy atom. The standard InChI is InChI=1S/C17H16.C13H14.C10H11NS/c1-12(2)13-7-8-16-10-14-5-3-4-6-15(14)11-17(16)9-13;1-10(2)12-9-5-7-11-6-3-4-8-13(11)12;1-7(2)8-3-4-9-10(5-8)12-6-11-9/h3-12H,1-2H3;3-10H,1-2H3;3-7H,1-2H3. The fraction of sp³-hybridized carbons (Fsp3) is 0.225. The molecule has 0 unspecified atom stereocenters. The van der Waals surface area contributed by atoms with Crippen LogP contribution >= 0.6 is 11.3 Å². The maximum atomic E-state index is 4.24. The van der Waals surface area contributed by atoms with E-state index in [0.29, 0.717) is 17.8 Å². The molecule has 1 nitrogen and oxygen atoms in total. The third-order valence-corrected chi connectivity index (χ3v) is 8.65. The molecule has 0 radical (unpaired) electrons. The minimum Gasteiger partial charge on any atom is -0.245 e. The Morgan fingerprint density at radius 1 is 0.476 bits per heavy atom. The van der Waals surface area contributed by atoms with Gasteiger partial charge in [0.1, 0.15) is 0 Å². The van der Waals surface area contributed by atoms with Gasteiger partial charge >= 0.3 is 0 Å². The molecule has 42 heavy (non-hydrogen) atoms. The first-order valence-electron chi connectivity index (χ1n) is 15.0. The molecule has 0 amide bonds. The lowest BCUT2D eigenvalue weighted by Gasteiger charge is -2.08. The van der Waals surface area contributed by atoms with Gasteiger partial charge in [-0.15, -0.1) is 11.3 Å². The Morgan fingerprint density at radius 3 is 1.74 bits per heavy atom. The van der Waals surface area contributed by atoms with Crippen molar-refractivity contribution in [2.45, 2.75) is 59.3 Å². The van der Waals surface area contributed by atoms with Crippen LogP contribution in [0.2, 0.25) is 0 Å². The summed E-state index contributed by atoms with van der Waals surface area (Å²) in [6.07, 6.45) is 0. The second kappa shape index (κ2) is 13.3. The largest absolute Gasteiger partial charge is 0.245 e. The topological polar surface area (TPSA) is 12.9 Å². The molecular weight excluding hydrogens is 527 g/mol. The van der Waals surface area contributed by atoms with E-state index in [1.54, 1.807) is 11.3 Å². The number of fused-ring (bicyclic) bond motifs is 4. The Balaban J connectivity index is 0.000000129. The van der Waals surface area contributed by atoms with Gasteiger partial charge in [-0.1, -0.05) is 133 Å². The number of hydrogen-bond donors (Lipinski definition) is 0. The highest BCUT2D eigenvalue weighted by Crippen LogP contribution is 2.27. The van der Waals surface area contributed by atoms with Crippen LogP contribution in [-0.4, -0.2) is 4.98 Å². The number of benzene rings is 6. The van der Waals surface area contributed by atoms with Crippen LogP contribution in [-0.2, 0) is 0 Å². The van der Waals surface area contributed by atoms with Crippen molar-refractivity contribution in [1.82, 2.24) is 4.98 Å². The van der Waals surface area contributed by atoms with E-state index in [2.05, 4.69) is 162 Å². The van der Waals surface area contributed by atoms with Crippen molar-refractivity contribution in [3.8, 4) is 0 Å². The highest BCUT2D eigenvalue weighted by atomic mass is 32.1. The van der Waals surface area contributed by atoms with Crippen molar-refractivity contribution in [1.29, 1.82) is 0 Å². The van der Waals surface area contributed by atoms with Gasteiger partial charge in [-0.25, -0.2) is 4.98 Å². The van der Waals surface area contributed by atoms with Crippen molar-refractivity contribution in [3.63, 3.8) is 0 Å². The molecule has 1 aromatic heterocycles. The Kier molecular flexibility index (Phi) is 9.35. The summed E-state index contributed by atoms with van der Waals surface area (Å²) in [6, 6.07) is 41.5. The summed E-state index contributed by atoms with van der Waals surface area (Å²) in [5.74, 6) is 1.80. The molecule has 0 atom stereocenters. The molecule has 0 aliphatic carbocycles. The van der Waals surface area contributed by atoms with Gasteiger partial charge in [-0.05, 0) is 91.0 Å². The SMILES string of the molecule is CC(C)c1ccc2cc3ccccc3cc2c1.CC(C)c1ccc2ncsc2c1.CC(C)c1cccc2ccccc12. The summed E-state index contributed by atoms with van der Waals surface area (Å²) in [5.41, 5.74) is 7.26. The number of hydrogen-bond acceptors (Lipinski definition) is 2. The lowest BCUT2D eigenvalue weighted by Crippen LogP contribution is -1.88. The zero-order valence-corrected chi connectivity index (χ0v) is 26.5. The maximum Gasteiger partial charge on any atom is 0.0812 e. The highest BCUT2D eigenvalue weighted by molar-refractivity contribution is 7.16. The number of rotatable bonds is 3. The smallest absolute Gasteiger partial charge is 0.0812 e. The first kappa shape index (κ1) is 29.5. The van der Waals surface area contributed by atoms with Gasteiger partial charge in [-0.3, -0.25) is 0 Å². The molecule has 6 aromatic carbocycles. The predicted molar refractivity (Wildman–Crippen MR) is 187 cm³/mol. The quantitative estimate of drug-likeness (QED) is 0.194. The summed E-state index contributed by atoms with van der Waals surface area (Å²) in [7, 11) is 0. The third kappa shape index (κ3) is 6.89. The van der Waals surface area contributed by atoms with Crippen molar-refractivity contribution in [3.05, 3.63) is 137 Å². The molecule has 7 rings (SSSR count). The molecule has 1 heterocycles. The van der Waals surface area contributed by atoms with Crippen molar-refractivity contribution in [2.75, 3.05) is 0 Å². The van der Waals surface area contributed by atoms with Crippen LogP contribution in [0, 0.1) is 0 Å². The highest BCUT2D eigenvalue weighted by Gasteiger charge is 2.04. The molecule has 0 saturated carbocycles. The van der Waals surface area contributed by atoms with E-state index in [-0.39, 0.29) is 0 Å². The Bertz CT molecular complexity index is 1920. The van der Waals surface area contributed by atoms with Crippen LogP contribution in [0.25, 0.3) is 42.5 Å². The van der Waals surface area contributed by atoms with Crippen LogP contribution in [0.5, 0.6) is 0 Å². The van der Waals surface area contributed by atoms with E-state index in [4.69, 9.17) is 0 Å². The Hall–Kier alpha value is -4.01. The van der Waals surface area contributed by atoms with Crippen LogP contribution < -0.4 is 0 Å². The molecule has 2 heteroatoms. The van der Waals surface area contributed by atoms with Crippen molar-refractivity contribution in [2.24, 2.45) is 0 Å². The van der Waals surface area contributed by atoms with Gasteiger partial charge in [0.05, 0.1) is 15.7 Å². The lowest BCUT2D eigenvalue weighted by atomic mass is 9.96. The van der Waals surface area contributed by atoms with E-state index >= 15 is 0 Å². The van der Waals surface area contributed by atoms with Gasteiger partial charge < -0.3 is 0 Å². The number of thiazole rings is 1. The molecule has 0 aliphatic heterocycles. The van der Waals surface area contributed by atoms with E-state index in [9.17, 15) is 0 Å². The second-order valence-corrected chi connectivity index (χ2v) is 12.8. The summed E-state index contributed by atoms with van der Waals surface area (Å²) >= 11 is 1.71. The molecule has 7 aromatic rings. The van der Waals surface area contributed by atoms with E-state index < -0.39 is 0 Å². The number of aromatic nitrogens is 1.